The highest BCUT2D eigenvalue weighted by molar-refractivity contribution is 7.98. The number of carbonyl (C=O) groups excluding carboxylic acids is 1. The molecule has 1 rings (SSSR count). The van der Waals surface area contributed by atoms with Gasteiger partial charge in [0.15, 0.2) is 5.96 Å². The van der Waals surface area contributed by atoms with E-state index in [1.165, 1.54) is 11.3 Å². The number of amides is 1. The lowest BCUT2D eigenvalue weighted by molar-refractivity contribution is -0.123. The fraction of sp³-hybridized carbons (Fsp3) is 0.444. The zero-order valence-electron chi connectivity index (χ0n) is 9.63. The zero-order chi connectivity index (χ0) is 13.4. The summed E-state index contributed by atoms with van der Waals surface area (Å²) in [7, 11) is 0. The Bertz CT molecular complexity index is 417. The highest BCUT2D eigenvalue weighted by atomic mass is 32.2. The van der Waals surface area contributed by atoms with Crippen LogP contribution in [0.25, 0.3) is 0 Å². The molecule has 0 saturated carbocycles. The third-order valence-electron chi connectivity index (χ3n) is 1.73. The summed E-state index contributed by atoms with van der Waals surface area (Å²) < 4.78 is 0. The molecule has 7 nitrogen and oxygen atoms in total. The van der Waals surface area contributed by atoms with Crippen molar-refractivity contribution in [2.75, 3.05) is 18.9 Å². The molecule has 1 amide bonds. The number of aliphatic hydroxyl groups excluding tert-OH is 1. The van der Waals surface area contributed by atoms with E-state index in [0.717, 1.165) is 17.2 Å². The van der Waals surface area contributed by atoms with Crippen molar-refractivity contribution in [2.24, 2.45) is 16.5 Å². The van der Waals surface area contributed by atoms with Crippen molar-refractivity contribution in [1.29, 1.82) is 0 Å². The van der Waals surface area contributed by atoms with Crippen LogP contribution < -0.4 is 16.8 Å². The maximum absolute atomic E-state index is 10.7. The molecule has 0 fully saturated rings. The molecule has 1 heterocycles. The van der Waals surface area contributed by atoms with Crippen LogP contribution in [-0.2, 0) is 10.5 Å². The predicted octanol–water partition coefficient (Wildman–Crippen LogP) is -0.610. The highest BCUT2D eigenvalue weighted by Crippen LogP contribution is 2.21. The lowest BCUT2D eigenvalue weighted by atomic mass is 10.6. The Labute approximate surface area is 113 Å². The molecule has 0 saturated heterocycles. The van der Waals surface area contributed by atoms with E-state index in [1.807, 2.05) is 5.38 Å². The Morgan fingerprint density at radius 1 is 1.61 bits per heavy atom. The molecule has 18 heavy (non-hydrogen) atoms. The summed E-state index contributed by atoms with van der Waals surface area (Å²) in [6.45, 7) is 0.0492. The van der Waals surface area contributed by atoms with Crippen LogP contribution in [0.4, 0.5) is 5.13 Å². The van der Waals surface area contributed by atoms with E-state index in [0.29, 0.717) is 11.7 Å². The van der Waals surface area contributed by atoms with Crippen LogP contribution in [0.1, 0.15) is 5.69 Å². The molecule has 0 aliphatic carbocycles. The van der Waals surface area contributed by atoms with Crippen molar-refractivity contribution >= 4 is 40.1 Å². The second kappa shape index (κ2) is 7.90. The van der Waals surface area contributed by atoms with E-state index >= 15 is 0 Å². The van der Waals surface area contributed by atoms with Crippen LogP contribution in [0.3, 0.4) is 0 Å². The molecule has 0 spiro atoms. The van der Waals surface area contributed by atoms with Crippen molar-refractivity contribution in [2.45, 2.75) is 5.75 Å². The van der Waals surface area contributed by atoms with E-state index in [4.69, 9.17) is 16.6 Å². The van der Waals surface area contributed by atoms with Gasteiger partial charge in [0.1, 0.15) is 6.61 Å². The van der Waals surface area contributed by atoms with Gasteiger partial charge in [-0.25, -0.2) is 4.98 Å². The standard InChI is InChI=1S/C9H15N5O2S2/c10-8(11)14-9-13-6(5-18-9)4-17-2-1-12-7(16)3-15/h5,15H,1-4H2,(H,12,16)(H4,10,11,13,14). The van der Waals surface area contributed by atoms with Gasteiger partial charge in [-0.05, 0) is 0 Å². The molecule has 0 aliphatic rings. The van der Waals surface area contributed by atoms with Crippen molar-refractivity contribution < 1.29 is 9.90 Å². The minimum absolute atomic E-state index is 0.00438. The van der Waals surface area contributed by atoms with Gasteiger partial charge in [-0.1, -0.05) is 0 Å². The maximum atomic E-state index is 10.7. The van der Waals surface area contributed by atoms with Gasteiger partial charge in [-0.15, -0.1) is 11.3 Å². The number of thiazole rings is 1. The number of nitrogens with one attached hydrogen (secondary N) is 1. The summed E-state index contributed by atoms with van der Waals surface area (Å²) in [5, 5.41) is 13.5. The van der Waals surface area contributed by atoms with Crippen LogP contribution in [0, 0.1) is 0 Å². The monoisotopic (exact) mass is 289 g/mol. The van der Waals surface area contributed by atoms with E-state index < -0.39 is 6.61 Å². The molecular weight excluding hydrogens is 274 g/mol. The number of guanidine groups is 1. The molecule has 0 radical (unpaired) electrons. The highest BCUT2D eigenvalue weighted by Gasteiger charge is 2.02. The number of carbonyl (C=O) groups is 1. The molecule has 100 valence electrons. The number of nitrogens with zero attached hydrogens (tertiary/aromatic N) is 2. The third kappa shape index (κ3) is 5.84. The summed E-state index contributed by atoms with van der Waals surface area (Å²) in [5.74, 6) is 1.11. The number of nitrogens with two attached hydrogens (primary N) is 2. The Kier molecular flexibility index (Phi) is 6.47. The molecule has 1 aromatic rings. The molecule has 6 N–H and O–H groups in total. The van der Waals surface area contributed by atoms with Crippen molar-refractivity contribution in [3.63, 3.8) is 0 Å². The second-order valence-corrected chi connectivity index (χ2v) is 5.16. The molecular formula is C9H15N5O2S2. The Morgan fingerprint density at radius 2 is 2.39 bits per heavy atom. The fourth-order valence-electron chi connectivity index (χ4n) is 1.02. The number of rotatable bonds is 7. The third-order valence-corrected chi connectivity index (χ3v) is 3.50. The lowest BCUT2D eigenvalue weighted by Gasteiger charge is -2.01. The average molecular weight is 289 g/mol. The smallest absolute Gasteiger partial charge is 0.245 e. The summed E-state index contributed by atoms with van der Waals surface area (Å²) in [4.78, 5) is 18.8. The summed E-state index contributed by atoms with van der Waals surface area (Å²) in [5.41, 5.74) is 11.4. The van der Waals surface area contributed by atoms with Gasteiger partial charge < -0.3 is 21.9 Å². The van der Waals surface area contributed by atoms with Crippen LogP contribution >= 0.6 is 23.1 Å². The molecule has 9 heteroatoms. The topological polar surface area (TPSA) is 127 Å². The quantitative estimate of drug-likeness (QED) is 0.301. The average Bonchev–Trinajstić information content (AvgIpc) is 2.75. The van der Waals surface area contributed by atoms with Gasteiger partial charge in [0.2, 0.25) is 11.0 Å². The number of aliphatic imine (C=N–C) groups is 1. The first-order valence-electron chi connectivity index (χ1n) is 5.11. The van der Waals surface area contributed by atoms with E-state index in [2.05, 4.69) is 15.3 Å². The number of thioether (sulfide) groups is 1. The van der Waals surface area contributed by atoms with Crippen LogP contribution in [0.5, 0.6) is 0 Å². The maximum Gasteiger partial charge on any atom is 0.245 e. The molecule has 0 unspecified atom stereocenters. The Morgan fingerprint density at radius 3 is 3.06 bits per heavy atom. The predicted molar refractivity (Wildman–Crippen MR) is 73.8 cm³/mol. The first kappa shape index (κ1) is 14.7. The summed E-state index contributed by atoms with van der Waals surface area (Å²) in [6.07, 6.45) is 0. The fourth-order valence-corrected chi connectivity index (χ4v) is 2.58. The summed E-state index contributed by atoms with van der Waals surface area (Å²) >= 11 is 3.00. The molecule has 0 aromatic carbocycles. The van der Waals surface area contributed by atoms with Crippen LogP contribution in [0.2, 0.25) is 0 Å². The molecule has 0 bridgehead atoms. The number of hydrogen-bond acceptors (Lipinski definition) is 6. The number of hydrogen-bond donors (Lipinski definition) is 4. The van der Waals surface area contributed by atoms with Crippen molar-refractivity contribution in [3.8, 4) is 0 Å². The number of aliphatic hydroxyl groups is 1. The Balaban J connectivity index is 2.21. The molecule has 0 atom stereocenters. The van der Waals surface area contributed by atoms with Gasteiger partial charge in [-0.3, -0.25) is 4.79 Å². The van der Waals surface area contributed by atoms with Gasteiger partial charge in [0, 0.05) is 23.4 Å². The first-order valence-corrected chi connectivity index (χ1v) is 7.14. The largest absolute Gasteiger partial charge is 0.387 e. The van der Waals surface area contributed by atoms with E-state index in [-0.39, 0.29) is 11.9 Å². The SMILES string of the molecule is NC(N)=Nc1nc(CSCCNC(=O)CO)cs1. The van der Waals surface area contributed by atoms with Crippen molar-refractivity contribution in [3.05, 3.63) is 11.1 Å². The van der Waals surface area contributed by atoms with Gasteiger partial charge in [0.25, 0.3) is 0 Å². The zero-order valence-corrected chi connectivity index (χ0v) is 11.3. The summed E-state index contributed by atoms with van der Waals surface area (Å²) in [6, 6.07) is 0. The number of aromatic nitrogens is 1. The van der Waals surface area contributed by atoms with Gasteiger partial charge in [-0.2, -0.15) is 16.8 Å². The lowest BCUT2D eigenvalue weighted by Crippen LogP contribution is -2.28. The van der Waals surface area contributed by atoms with Crippen molar-refractivity contribution in [1.82, 2.24) is 10.3 Å². The van der Waals surface area contributed by atoms with Gasteiger partial charge in [0.05, 0.1) is 5.69 Å². The second-order valence-electron chi connectivity index (χ2n) is 3.22. The molecule has 0 aliphatic heterocycles. The minimum atomic E-state index is -0.474. The van der Waals surface area contributed by atoms with E-state index in [1.54, 1.807) is 11.8 Å². The van der Waals surface area contributed by atoms with Crippen LogP contribution in [-0.4, -0.2) is 40.9 Å². The van der Waals surface area contributed by atoms with Gasteiger partial charge >= 0.3 is 0 Å². The van der Waals surface area contributed by atoms with Crippen LogP contribution in [0.15, 0.2) is 10.4 Å². The normalized spacial score (nSPS) is 10.1. The minimum Gasteiger partial charge on any atom is -0.387 e. The first-order chi connectivity index (χ1) is 8.61. The van der Waals surface area contributed by atoms with E-state index in [9.17, 15) is 4.79 Å². The molecule has 1 aromatic heterocycles. The Hall–Kier alpha value is -1.32.